The number of aliphatic carboxylic acids is 1. The Morgan fingerprint density at radius 1 is 1.35 bits per heavy atom. The van der Waals surface area contributed by atoms with Gasteiger partial charge in [-0.1, -0.05) is 12.1 Å². The standard InChI is InChI=1S/C14H20N2O4/c1-14(2,15)8-7-12(17)16-10-5-3-4-6-11(10)20-9-13(18)19/h3-6H,7-9,15H2,1-2H3,(H,16,17)(H,18,19). The van der Waals surface area contributed by atoms with Gasteiger partial charge in [-0.25, -0.2) is 4.79 Å². The minimum atomic E-state index is -1.07. The van der Waals surface area contributed by atoms with Crippen molar-refractivity contribution in [3.8, 4) is 5.75 Å². The normalized spacial score (nSPS) is 10.9. The zero-order valence-electron chi connectivity index (χ0n) is 11.7. The van der Waals surface area contributed by atoms with E-state index in [0.717, 1.165) is 0 Å². The van der Waals surface area contributed by atoms with Gasteiger partial charge in [0.05, 0.1) is 5.69 Å². The first-order chi connectivity index (χ1) is 9.28. The van der Waals surface area contributed by atoms with Gasteiger partial charge in [0, 0.05) is 12.0 Å². The van der Waals surface area contributed by atoms with Crippen LogP contribution in [-0.2, 0) is 9.59 Å². The first-order valence-corrected chi connectivity index (χ1v) is 6.30. The Bertz CT molecular complexity index is 480. The number of carboxylic acid groups (broad SMARTS) is 1. The molecule has 0 radical (unpaired) electrons. The van der Waals surface area contributed by atoms with Crippen LogP contribution in [0.25, 0.3) is 0 Å². The van der Waals surface area contributed by atoms with Gasteiger partial charge in [-0.15, -0.1) is 0 Å². The number of benzene rings is 1. The number of rotatable bonds is 7. The SMILES string of the molecule is CC(C)(N)CCC(=O)Nc1ccccc1OCC(=O)O. The van der Waals surface area contributed by atoms with Crippen molar-refractivity contribution in [3.63, 3.8) is 0 Å². The fraction of sp³-hybridized carbons (Fsp3) is 0.429. The van der Waals surface area contributed by atoms with Gasteiger partial charge in [0.25, 0.3) is 0 Å². The predicted molar refractivity (Wildman–Crippen MR) is 75.7 cm³/mol. The molecule has 1 aromatic rings. The Balaban J connectivity index is 2.62. The molecule has 1 rings (SSSR count). The lowest BCUT2D eigenvalue weighted by atomic mass is 10.00. The summed E-state index contributed by atoms with van der Waals surface area (Å²) >= 11 is 0. The minimum Gasteiger partial charge on any atom is -0.480 e. The van der Waals surface area contributed by atoms with E-state index >= 15 is 0 Å². The summed E-state index contributed by atoms with van der Waals surface area (Å²) in [5, 5.41) is 11.3. The van der Waals surface area contributed by atoms with Crippen molar-refractivity contribution in [2.75, 3.05) is 11.9 Å². The summed E-state index contributed by atoms with van der Waals surface area (Å²) in [6, 6.07) is 6.69. The number of amides is 1. The first-order valence-electron chi connectivity index (χ1n) is 6.30. The van der Waals surface area contributed by atoms with Gasteiger partial charge in [0.1, 0.15) is 5.75 Å². The molecule has 4 N–H and O–H groups in total. The lowest BCUT2D eigenvalue weighted by molar-refractivity contribution is -0.139. The molecule has 6 heteroatoms. The summed E-state index contributed by atoms with van der Waals surface area (Å²) in [5.41, 5.74) is 5.86. The molecule has 6 nitrogen and oxygen atoms in total. The number of carbonyl (C=O) groups is 2. The molecule has 0 aliphatic carbocycles. The average molecular weight is 280 g/mol. The number of nitrogens with two attached hydrogens (primary N) is 1. The molecular formula is C14H20N2O4. The largest absolute Gasteiger partial charge is 0.480 e. The number of hydrogen-bond donors (Lipinski definition) is 3. The third-order valence-corrected chi connectivity index (χ3v) is 2.51. The van der Waals surface area contributed by atoms with Gasteiger partial charge in [0.15, 0.2) is 6.61 Å². The fourth-order valence-electron chi connectivity index (χ4n) is 1.48. The Labute approximate surface area is 117 Å². The molecule has 0 aliphatic heterocycles. The molecule has 20 heavy (non-hydrogen) atoms. The van der Waals surface area contributed by atoms with E-state index in [1.807, 2.05) is 13.8 Å². The van der Waals surface area contributed by atoms with Crippen molar-refractivity contribution in [2.24, 2.45) is 5.73 Å². The highest BCUT2D eigenvalue weighted by Gasteiger charge is 2.14. The van der Waals surface area contributed by atoms with E-state index in [2.05, 4.69) is 5.32 Å². The van der Waals surface area contributed by atoms with Crippen LogP contribution in [-0.4, -0.2) is 29.1 Å². The minimum absolute atomic E-state index is 0.185. The van der Waals surface area contributed by atoms with Gasteiger partial charge in [0.2, 0.25) is 5.91 Å². The lowest BCUT2D eigenvalue weighted by Crippen LogP contribution is -2.33. The van der Waals surface area contributed by atoms with Crippen LogP contribution in [0.5, 0.6) is 5.75 Å². The molecule has 0 saturated carbocycles. The Kier molecular flexibility index (Phi) is 5.52. The maximum absolute atomic E-state index is 11.8. The molecule has 0 fully saturated rings. The number of anilines is 1. The molecule has 0 aliphatic rings. The lowest BCUT2D eigenvalue weighted by Gasteiger charge is -2.18. The molecule has 0 aromatic heterocycles. The molecule has 0 saturated heterocycles. The number of para-hydroxylation sites is 2. The topological polar surface area (TPSA) is 102 Å². The summed E-state index contributed by atoms with van der Waals surface area (Å²) in [4.78, 5) is 22.3. The van der Waals surface area contributed by atoms with Crippen LogP contribution in [0.2, 0.25) is 0 Å². The number of nitrogens with one attached hydrogen (secondary N) is 1. The number of ether oxygens (including phenoxy) is 1. The number of carboxylic acids is 1. The van der Waals surface area contributed by atoms with Crippen molar-refractivity contribution in [1.29, 1.82) is 0 Å². The van der Waals surface area contributed by atoms with E-state index in [9.17, 15) is 9.59 Å². The molecule has 0 heterocycles. The van der Waals surface area contributed by atoms with Gasteiger partial charge in [-0.3, -0.25) is 4.79 Å². The van der Waals surface area contributed by atoms with Crippen molar-refractivity contribution < 1.29 is 19.4 Å². The fourth-order valence-corrected chi connectivity index (χ4v) is 1.48. The summed E-state index contributed by atoms with van der Waals surface area (Å²) in [5.74, 6) is -0.929. The van der Waals surface area contributed by atoms with Crippen molar-refractivity contribution in [3.05, 3.63) is 24.3 Å². The number of hydrogen-bond acceptors (Lipinski definition) is 4. The molecule has 110 valence electrons. The highest BCUT2D eigenvalue weighted by molar-refractivity contribution is 5.92. The quantitative estimate of drug-likeness (QED) is 0.704. The second-order valence-electron chi connectivity index (χ2n) is 5.22. The third kappa shape index (κ3) is 6.19. The zero-order valence-corrected chi connectivity index (χ0v) is 11.7. The maximum Gasteiger partial charge on any atom is 0.341 e. The smallest absolute Gasteiger partial charge is 0.341 e. The van der Waals surface area contributed by atoms with E-state index in [1.165, 1.54) is 0 Å². The molecule has 0 atom stereocenters. The van der Waals surface area contributed by atoms with E-state index in [1.54, 1.807) is 24.3 Å². The Morgan fingerprint density at radius 2 is 2.00 bits per heavy atom. The molecular weight excluding hydrogens is 260 g/mol. The molecule has 1 amide bonds. The van der Waals surface area contributed by atoms with Gasteiger partial charge >= 0.3 is 5.97 Å². The summed E-state index contributed by atoms with van der Waals surface area (Å²) in [6.07, 6.45) is 0.841. The van der Waals surface area contributed by atoms with Crippen molar-refractivity contribution in [2.45, 2.75) is 32.2 Å². The monoisotopic (exact) mass is 280 g/mol. The summed E-state index contributed by atoms with van der Waals surface area (Å²) < 4.78 is 5.11. The Hall–Kier alpha value is -2.08. The van der Waals surface area contributed by atoms with Crippen LogP contribution >= 0.6 is 0 Å². The van der Waals surface area contributed by atoms with E-state index in [0.29, 0.717) is 17.9 Å². The maximum atomic E-state index is 11.8. The predicted octanol–water partition coefficient (Wildman–Crippen LogP) is 1.61. The van der Waals surface area contributed by atoms with Crippen LogP contribution in [0.1, 0.15) is 26.7 Å². The highest BCUT2D eigenvalue weighted by Crippen LogP contribution is 2.24. The van der Waals surface area contributed by atoms with Crippen LogP contribution in [0, 0.1) is 0 Å². The molecule has 0 spiro atoms. The van der Waals surface area contributed by atoms with E-state index in [-0.39, 0.29) is 12.3 Å². The van der Waals surface area contributed by atoms with E-state index < -0.39 is 18.1 Å². The third-order valence-electron chi connectivity index (χ3n) is 2.51. The zero-order chi connectivity index (χ0) is 15.2. The van der Waals surface area contributed by atoms with Gasteiger partial charge in [-0.05, 0) is 32.4 Å². The molecule has 0 bridgehead atoms. The van der Waals surface area contributed by atoms with Crippen molar-refractivity contribution >= 4 is 17.6 Å². The van der Waals surface area contributed by atoms with Crippen LogP contribution in [0.3, 0.4) is 0 Å². The van der Waals surface area contributed by atoms with Gasteiger partial charge in [-0.2, -0.15) is 0 Å². The molecule has 0 unspecified atom stereocenters. The Morgan fingerprint density at radius 3 is 2.60 bits per heavy atom. The van der Waals surface area contributed by atoms with Crippen LogP contribution in [0.4, 0.5) is 5.69 Å². The molecule has 1 aromatic carbocycles. The van der Waals surface area contributed by atoms with Crippen LogP contribution < -0.4 is 15.8 Å². The van der Waals surface area contributed by atoms with Crippen LogP contribution in [0.15, 0.2) is 24.3 Å². The number of carbonyl (C=O) groups excluding carboxylic acids is 1. The average Bonchev–Trinajstić information content (AvgIpc) is 2.34. The van der Waals surface area contributed by atoms with E-state index in [4.69, 9.17) is 15.6 Å². The van der Waals surface area contributed by atoms with Gasteiger partial charge < -0.3 is 20.9 Å². The second-order valence-corrected chi connectivity index (χ2v) is 5.22. The van der Waals surface area contributed by atoms with Crippen molar-refractivity contribution in [1.82, 2.24) is 0 Å². The first kappa shape index (κ1) is 16.0. The second kappa shape index (κ2) is 6.91. The highest BCUT2D eigenvalue weighted by atomic mass is 16.5. The summed E-state index contributed by atoms with van der Waals surface area (Å²) in [7, 11) is 0. The summed E-state index contributed by atoms with van der Waals surface area (Å²) in [6.45, 7) is 3.25.